The maximum Gasteiger partial charge on any atom is 0.0199 e. The summed E-state index contributed by atoms with van der Waals surface area (Å²) < 4.78 is 0. The molecule has 0 bridgehead atoms. The van der Waals surface area contributed by atoms with Crippen LogP contribution in [0.3, 0.4) is 0 Å². The molecule has 0 saturated heterocycles. The molecule has 4 fully saturated rings. The van der Waals surface area contributed by atoms with Crippen molar-refractivity contribution in [3.63, 3.8) is 0 Å². The van der Waals surface area contributed by atoms with Crippen LogP contribution in [0.25, 0.3) is 0 Å². The van der Waals surface area contributed by atoms with Crippen molar-refractivity contribution in [3.05, 3.63) is 46.6 Å². The van der Waals surface area contributed by atoms with Gasteiger partial charge >= 0.3 is 0 Å². The van der Waals surface area contributed by atoms with Crippen LogP contribution in [0.15, 0.2) is 46.6 Å². The van der Waals surface area contributed by atoms with Crippen molar-refractivity contribution in [3.8, 4) is 0 Å². The van der Waals surface area contributed by atoms with Gasteiger partial charge in [-0.2, -0.15) is 0 Å². The Morgan fingerprint density at radius 1 is 0.484 bits per heavy atom. The summed E-state index contributed by atoms with van der Waals surface area (Å²) in [7, 11) is 0. The van der Waals surface area contributed by atoms with Gasteiger partial charge in [0.05, 0.1) is 0 Å². The predicted molar refractivity (Wildman–Crippen MR) is 130 cm³/mol. The van der Waals surface area contributed by atoms with Crippen LogP contribution in [0.5, 0.6) is 0 Å². The molecular formula is C29H42N2. The summed E-state index contributed by atoms with van der Waals surface area (Å²) in [6.45, 7) is 7.90. The molecule has 168 valence electrons. The molecule has 0 aromatic carbocycles. The zero-order valence-electron chi connectivity index (χ0n) is 19.5. The largest absolute Gasteiger partial charge is 0.299 e. The number of rotatable bonds is 14. The van der Waals surface area contributed by atoms with E-state index in [-0.39, 0.29) is 0 Å². The van der Waals surface area contributed by atoms with E-state index in [1.807, 2.05) is 0 Å². The van der Waals surface area contributed by atoms with Crippen molar-refractivity contribution in [2.75, 3.05) is 39.3 Å². The van der Waals surface area contributed by atoms with Gasteiger partial charge in [-0.1, -0.05) is 46.6 Å². The molecule has 0 aromatic heterocycles. The summed E-state index contributed by atoms with van der Waals surface area (Å²) in [5.41, 5.74) is 6.65. The third kappa shape index (κ3) is 6.45. The third-order valence-electron chi connectivity index (χ3n) is 8.18. The van der Waals surface area contributed by atoms with Crippen LogP contribution < -0.4 is 0 Å². The summed E-state index contributed by atoms with van der Waals surface area (Å²) in [6, 6.07) is 0. The molecule has 0 radical (unpaired) electrons. The van der Waals surface area contributed by atoms with E-state index >= 15 is 0 Å². The van der Waals surface area contributed by atoms with E-state index in [0.29, 0.717) is 0 Å². The van der Waals surface area contributed by atoms with Crippen LogP contribution in [0.4, 0.5) is 0 Å². The minimum absolute atomic E-state index is 1.01. The lowest BCUT2D eigenvalue weighted by Gasteiger charge is -2.23. The molecule has 0 atom stereocenters. The molecule has 6 aliphatic carbocycles. The fourth-order valence-corrected chi connectivity index (χ4v) is 5.69. The Balaban J connectivity index is 0.935. The second-order valence-corrected chi connectivity index (χ2v) is 12.0. The molecule has 4 saturated carbocycles. The lowest BCUT2D eigenvalue weighted by molar-refractivity contribution is 0.271. The van der Waals surface area contributed by atoms with Crippen molar-refractivity contribution in [2.24, 2.45) is 23.7 Å². The molecule has 0 aromatic rings. The molecule has 2 nitrogen and oxygen atoms in total. The highest BCUT2D eigenvalue weighted by Gasteiger charge is 2.31. The summed E-state index contributed by atoms with van der Waals surface area (Å²) in [4.78, 5) is 5.58. The zero-order chi connectivity index (χ0) is 20.6. The van der Waals surface area contributed by atoms with Crippen LogP contribution in [0.1, 0.15) is 70.6 Å². The average molecular weight is 419 g/mol. The normalized spacial score (nSPS) is 25.9. The molecule has 0 spiro atoms. The van der Waals surface area contributed by atoms with Gasteiger partial charge in [0.2, 0.25) is 0 Å². The Morgan fingerprint density at radius 3 is 1.13 bits per heavy atom. The number of hydrogen-bond acceptors (Lipinski definition) is 2. The Bertz CT molecular complexity index is 690. The Hall–Kier alpha value is -1.12. The number of hydrogen-bond donors (Lipinski definition) is 0. The maximum absolute atomic E-state index is 2.79. The average Bonchev–Trinajstić information content (AvgIpc) is 3.54. The monoisotopic (exact) mass is 418 g/mol. The van der Waals surface area contributed by atoms with E-state index in [1.54, 1.807) is 22.3 Å². The minimum atomic E-state index is 1.01. The highest BCUT2D eigenvalue weighted by molar-refractivity contribution is 5.39. The molecule has 2 heteroatoms. The Morgan fingerprint density at radius 2 is 0.806 bits per heavy atom. The SMILES string of the molecule is C1=C(CC2=CC=C(CN(CC3CC3)CC3CC3)C2)CC(CN(CC2CC2)CC2CC2)=C1. The highest BCUT2D eigenvalue weighted by Crippen LogP contribution is 2.37. The number of allylic oxidation sites excluding steroid dienone is 6. The van der Waals surface area contributed by atoms with Crippen molar-refractivity contribution in [2.45, 2.75) is 70.6 Å². The van der Waals surface area contributed by atoms with Crippen LogP contribution in [0.2, 0.25) is 0 Å². The molecule has 31 heavy (non-hydrogen) atoms. The van der Waals surface area contributed by atoms with E-state index in [0.717, 1.165) is 23.7 Å². The zero-order valence-corrected chi connectivity index (χ0v) is 19.5. The van der Waals surface area contributed by atoms with E-state index < -0.39 is 0 Å². The maximum atomic E-state index is 2.79. The lowest BCUT2D eigenvalue weighted by atomic mass is 10.00. The molecule has 6 aliphatic rings. The minimum Gasteiger partial charge on any atom is -0.299 e. The van der Waals surface area contributed by atoms with Gasteiger partial charge in [-0.15, -0.1) is 0 Å². The van der Waals surface area contributed by atoms with Crippen molar-refractivity contribution >= 4 is 0 Å². The van der Waals surface area contributed by atoms with E-state index in [9.17, 15) is 0 Å². The van der Waals surface area contributed by atoms with Gasteiger partial charge in [-0.25, -0.2) is 0 Å². The number of nitrogens with zero attached hydrogens (tertiary/aromatic N) is 2. The van der Waals surface area contributed by atoms with Gasteiger partial charge in [-0.05, 0) is 94.3 Å². The molecule has 0 heterocycles. The fourth-order valence-electron chi connectivity index (χ4n) is 5.69. The molecule has 6 rings (SSSR count). The second-order valence-electron chi connectivity index (χ2n) is 12.0. The van der Waals surface area contributed by atoms with E-state index in [1.165, 1.54) is 110 Å². The summed E-state index contributed by atoms with van der Waals surface area (Å²) in [6.07, 6.45) is 25.3. The third-order valence-corrected chi connectivity index (χ3v) is 8.18. The smallest absolute Gasteiger partial charge is 0.0199 e. The first-order valence-electron chi connectivity index (χ1n) is 13.4. The summed E-state index contributed by atoms with van der Waals surface area (Å²) in [5.74, 6) is 4.06. The van der Waals surface area contributed by atoms with Gasteiger partial charge in [0.1, 0.15) is 0 Å². The lowest BCUT2D eigenvalue weighted by Crippen LogP contribution is -2.30. The second kappa shape index (κ2) is 9.02. The van der Waals surface area contributed by atoms with Gasteiger partial charge < -0.3 is 0 Å². The molecular weight excluding hydrogens is 376 g/mol. The van der Waals surface area contributed by atoms with E-state index in [4.69, 9.17) is 0 Å². The van der Waals surface area contributed by atoms with Gasteiger partial charge in [-0.3, -0.25) is 9.80 Å². The first kappa shape index (κ1) is 20.5. The Labute approximate surface area is 190 Å². The van der Waals surface area contributed by atoms with Crippen molar-refractivity contribution in [1.82, 2.24) is 9.80 Å². The standard InChI is InChI=1S/C29H42N2/c1-2-22(1)16-30(17-23-3-4-23)20-28-11-9-26(14-28)13-27-10-12-29(15-27)21-31(18-24-5-6-24)19-25-7-8-25/h9-12,22-25H,1-8,13-21H2. The quantitative estimate of drug-likeness (QED) is 0.335. The van der Waals surface area contributed by atoms with E-state index in [2.05, 4.69) is 34.1 Å². The first-order chi connectivity index (χ1) is 15.2. The van der Waals surface area contributed by atoms with Gasteiger partial charge in [0.15, 0.2) is 0 Å². The highest BCUT2D eigenvalue weighted by atomic mass is 15.1. The van der Waals surface area contributed by atoms with Crippen LogP contribution in [-0.4, -0.2) is 49.1 Å². The van der Waals surface area contributed by atoms with Crippen LogP contribution in [-0.2, 0) is 0 Å². The van der Waals surface area contributed by atoms with Crippen molar-refractivity contribution in [1.29, 1.82) is 0 Å². The van der Waals surface area contributed by atoms with Crippen LogP contribution in [0, 0.1) is 23.7 Å². The Kier molecular flexibility index (Phi) is 5.96. The van der Waals surface area contributed by atoms with Crippen molar-refractivity contribution < 1.29 is 0 Å². The molecule has 0 aliphatic heterocycles. The molecule has 0 unspecified atom stereocenters. The fraction of sp³-hybridized carbons (Fsp3) is 0.724. The summed E-state index contributed by atoms with van der Waals surface area (Å²) in [5, 5.41) is 0. The van der Waals surface area contributed by atoms with Crippen LogP contribution >= 0.6 is 0 Å². The predicted octanol–water partition coefficient (Wildman–Crippen LogP) is 6.13. The van der Waals surface area contributed by atoms with Gasteiger partial charge in [0, 0.05) is 39.3 Å². The molecule has 0 amide bonds. The topological polar surface area (TPSA) is 6.48 Å². The summed E-state index contributed by atoms with van der Waals surface area (Å²) >= 11 is 0. The van der Waals surface area contributed by atoms with Gasteiger partial charge in [0.25, 0.3) is 0 Å². The molecule has 0 N–H and O–H groups in total. The first-order valence-corrected chi connectivity index (χ1v) is 13.4.